The lowest BCUT2D eigenvalue weighted by molar-refractivity contribution is 0.0959. The predicted molar refractivity (Wildman–Crippen MR) is 101 cm³/mol. The number of hydrogen-bond acceptors (Lipinski definition) is 3. The molecule has 0 heterocycles. The molecule has 3 aromatic rings. The second-order valence-corrected chi connectivity index (χ2v) is 5.93. The van der Waals surface area contributed by atoms with Crippen molar-refractivity contribution in [1.82, 2.24) is 5.32 Å². The largest absolute Gasteiger partial charge is 0.496 e. The Labute approximate surface area is 164 Å². The van der Waals surface area contributed by atoms with Crippen LogP contribution >= 0.6 is 0 Å². The minimum atomic E-state index is -1.21. The van der Waals surface area contributed by atoms with Gasteiger partial charge >= 0.3 is 6.03 Å². The summed E-state index contributed by atoms with van der Waals surface area (Å²) >= 11 is 0. The van der Waals surface area contributed by atoms with Crippen LogP contribution in [0.15, 0.2) is 60.7 Å². The number of nitrogens with one attached hydrogen (secondary N) is 2. The summed E-state index contributed by atoms with van der Waals surface area (Å²) in [5, 5.41) is 4.25. The fourth-order valence-corrected chi connectivity index (χ4v) is 2.68. The number of anilines is 1. The molecule has 148 valence electrons. The number of imide groups is 1. The van der Waals surface area contributed by atoms with Crippen molar-refractivity contribution in [1.29, 1.82) is 0 Å². The van der Waals surface area contributed by atoms with Crippen molar-refractivity contribution < 1.29 is 27.5 Å². The van der Waals surface area contributed by atoms with Gasteiger partial charge in [-0.15, -0.1) is 0 Å². The number of benzene rings is 3. The van der Waals surface area contributed by atoms with Gasteiger partial charge in [-0.3, -0.25) is 10.1 Å². The molecule has 0 spiro atoms. The van der Waals surface area contributed by atoms with E-state index in [0.717, 1.165) is 18.2 Å². The summed E-state index contributed by atoms with van der Waals surface area (Å²) < 4.78 is 45.7. The number of hydrogen-bond donors (Lipinski definition) is 2. The second kappa shape index (κ2) is 8.47. The number of carbonyl (C=O) groups excluding carboxylic acids is 2. The monoisotopic (exact) mass is 400 g/mol. The maximum atomic E-state index is 13.6. The fourth-order valence-electron chi connectivity index (χ4n) is 2.68. The molecule has 2 N–H and O–H groups in total. The predicted octanol–water partition coefficient (Wildman–Crippen LogP) is 4.74. The van der Waals surface area contributed by atoms with Crippen molar-refractivity contribution in [2.24, 2.45) is 0 Å². The van der Waals surface area contributed by atoms with Crippen LogP contribution in [0.5, 0.6) is 5.75 Å². The Hall–Kier alpha value is -3.81. The van der Waals surface area contributed by atoms with E-state index in [2.05, 4.69) is 5.32 Å². The fraction of sp³-hybridized carbons (Fsp3) is 0.0476. The molecule has 0 aromatic heterocycles. The van der Waals surface area contributed by atoms with Gasteiger partial charge in [-0.2, -0.15) is 0 Å². The van der Waals surface area contributed by atoms with Crippen molar-refractivity contribution in [2.45, 2.75) is 0 Å². The first-order valence-corrected chi connectivity index (χ1v) is 8.39. The van der Waals surface area contributed by atoms with Gasteiger partial charge in [0.2, 0.25) is 0 Å². The number of carbonyl (C=O) groups is 2. The lowest BCUT2D eigenvalue weighted by atomic mass is 10.0. The van der Waals surface area contributed by atoms with Gasteiger partial charge in [0.15, 0.2) is 0 Å². The SMILES string of the molecule is COc1cc(NC(=O)NC(=O)c2c(F)cccc2F)ccc1-c1ccc(F)cc1. The van der Waals surface area contributed by atoms with Crippen LogP contribution in [0.4, 0.5) is 23.7 Å². The highest BCUT2D eigenvalue weighted by Gasteiger charge is 2.19. The molecule has 0 aliphatic rings. The normalized spacial score (nSPS) is 10.3. The van der Waals surface area contributed by atoms with Gasteiger partial charge in [0.05, 0.1) is 7.11 Å². The molecule has 5 nitrogen and oxygen atoms in total. The number of halogens is 3. The smallest absolute Gasteiger partial charge is 0.326 e. The van der Waals surface area contributed by atoms with Crippen molar-refractivity contribution in [3.63, 3.8) is 0 Å². The molecule has 8 heteroatoms. The van der Waals surface area contributed by atoms with Gasteiger partial charge in [-0.05, 0) is 42.0 Å². The van der Waals surface area contributed by atoms with Crippen molar-refractivity contribution in [3.8, 4) is 16.9 Å². The Morgan fingerprint density at radius 3 is 2.17 bits per heavy atom. The Bertz CT molecular complexity index is 1050. The maximum absolute atomic E-state index is 13.6. The number of urea groups is 1. The number of methoxy groups -OCH3 is 1. The number of amides is 3. The first-order valence-electron chi connectivity index (χ1n) is 8.39. The Kier molecular flexibility index (Phi) is 5.82. The first-order chi connectivity index (χ1) is 13.9. The van der Waals surface area contributed by atoms with Crippen LogP contribution in [0.1, 0.15) is 10.4 Å². The van der Waals surface area contributed by atoms with Gasteiger partial charge in [0, 0.05) is 17.3 Å². The summed E-state index contributed by atoms with van der Waals surface area (Å²) in [7, 11) is 1.43. The lowest BCUT2D eigenvalue weighted by Crippen LogP contribution is -2.35. The van der Waals surface area contributed by atoms with E-state index >= 15 is 0 Å². The molecule has 0 saturated heterocycles. The zero-order chi connectivity index (χ0) is 21.0. The average Bonchev–Trinajstić information content (AvgIpc) is 2.68. The van der Waals surface area contributed by atoms with E-state index in [0.29, 0.717) is 16.9 Å². The third-order valence-corrected chi connectivity index (χ3v) is 4.03. The average molecular weight is 400 g/mol. The molecule has 0 fully saturated rings. The zero-order valence-electron chi connectivity index (χ0n) is 15.1. The van der Waals surface area contributed by atoms with E-state index in [9.17, 15) is 22.8 Å². The summed E-state index contributed by atoms with van der Waals surface area (Å²) in [5.41, 5.74) is 0.770. The van der Waals surface area contributed by atoms with Gasteiger partial charge in [-0.25, -0.2) is 18.0 Å². The molecule has 0 radical (unpaired) electrons. The highest BCUT2D eigenvalue weighted by molar-refractivity contribution is 6.08. The minimum Gasteiger partial charge on any atom is -0.496 e. The minimum absolute atomic E-state index is 0.270. The van der Waals surface area contributed by atoms with E-state index < -0.39 is 29.1 Å². The van der Waals surface area contributed by atoms with E-state index in [1.54, 1.807) is 18.2 Å². The summed E-state index contributed by atoms with van der Waals surface area (Å²) in [4.78, 5) is 24.0. The molecule has 0 aliphatic heterocycles. The Morgan fingerprint density at radius 1 is 0.897 bits per heavy atom. The number of rotatable bonds is 4. The molecule has 29 heavy (non-hydrogen) atoms. The summed E-state index contributed by atoms with van der Waals surface area (Å²) in [6, 6.07) is 12.4. The van der Waals surface area contributed by atoms with E-state index in [-0.39, 0.29) is 11.5 Å². The number of ether oxygens (including phenoxy) is 1. The van der Waals surface area contributed by atoms with Gasteiger partial charge in [0.1, 0.15) is 28.8 Å². The summed E-state index contributed by atoms with van der Waals surface area (Å²) in [6.45, 7) is 0. The van der Waals surface area contributed by atoms with Crippen molar-refractivity contribution in [2.75, 3.05) is 12.4 Å². The highest BCUT2D eigenvalue weighted by Crippen LogP contribution is 2.32. The van der Waals surface area contributed by atoms with Gasteiger partial charge in [-0.1, -0.05) is 18.2 Å². The molecule has 0 unspecified atom stereocenters. The van der Waals surface area contributed by atoms with Crippen molar-refractivity contribution in [3.05, 3.63) is 83.7 Å². The maximum Gasteiger partial charge on any atom is 0.326 e. The van der Waals surface area contributed by atoms with Crippen LogP contribution in [-0.2, 0) is 0 Å². The van der Waals surface area contributed by atoms with Crippen LogP contribution in [0, 0.1) is 17.5 Å². The van der Waals surface area contributed by atoms with Crippen LogP contribution in [0.25, 0.3) is 11.1 Å². The van der Waals surface area contributed by atoms with E-state index in [1.165, 1.54) is 31.4 Å². The molecule has 3 aromatic carbocycles. The van der Waals surface area contributed by atoms with Crippen molar-refractivity contribution >= 4 is 17.6 Å². The highest BCUT2D eigenvalue weighted by atomic mass is 19.1. The third kappa shape index (κ3) is 4.55. The molecular weight excluding hydrogens is 385 g/mol. The molecule has 0 aliphatic carbocycles. The standard InChI is InChI=1S/C21H15F3N2O3/c1-29-18-11-14(9-10-15(18)12-5-7-13(22)8-6-12)25-21(28)26-20(27)19-16(23)3-2-4-17(19)24/h2-11H,1H3,(H2,25,26,27,28). The molecular formula is C21H15F3N2O3. The van der Waals surface area contributed by atoms with Crippen LogP contribution in [0.2, 0.25) is 0 Å². The quantitative estimate of drug-likeness (QED) is 0.665. The van der Waals surface area contributed by atoms with Gasteiger partial charge in [0.25, 0.3) is 5.91 Å². The molecule has 3 amide bonds. The lowest BCUT2D eigenvalue weighted by Gasteiger charge is -2.12. The van der Waals surface area contributed by atoms with Crippen LogP contribution < -0.4 is 15.4 Å². The molecule has 0 atom stereocenters. The molecule has 3 rings (SSSR count). The summed E-state index contributed by atoms with van der Waals surface area (Å²) in [6.07, 6.45) is 0. The van der Waals surface area contributed by atoms with Gasteiger partial charge < -0.3 is 10.1 Å². The van der Waals surface area contributed by atoms with Crippen LogP contribution in [0.3, 0.4) is 0 Å². The van der Waals surface area contributed by atoms with E-state index in [4.69, 9.17) is 4.74 Å². The Balaban J connectivity index is 1.75. The first kappa shape index (κ1) is 19.9. The Morgan fingerprint density at radius 2 is 1.55 bits per heavy atom. The summed E-state index contributed by atoms with van der Waals surface area (Å²) in [5.74, 6) is -3.37. The van der Waals surface area contributed by atoms with E-state index in [1.807, 2.05) is 5.32 Å². The second-order valence-electron chi connectivity index (χ2n) is 5.93. The zero-order valence-corrected chi connectivity index (χ0v) is 15.1. The van der Waals surface area contributed by atoms with Crippen LogP contribution in [-0.4, -0.2) is 19.0 Å². The topological polar surface area (TPSA) is 67.4 Å². The molecule has 0 bridgehead atoms. The molecule has 0 saturated carbocycles. The third-order valence-electron chi connectivity index (χ3n) is 4.03.